The van der Waals surface area contributed by atoms with Crippen LogP contribution in [0.5, 0.6) is 0 Å². The van der Waals surface area contributed by atoms with Gasteiger partial charge in [0.05, 0.1) is 16.9 Å². The lowest BCUT2D eigenvalue weighted by Crippen LogP contribution is -2.03. The van der Waals surface area contributed by atoms with Crippen molar-refractivity contribution in [3.8, 4) is 0 Å². The van der Waals surface area contributed by atoms with Crippen molar-refractivity contribution in [3.63, 3.8) is 0 Å². The average Bonchev–Trinajstić information content (AvgIpc) is 2.57. The van der Waals surface area contributed by atoms with Crippen LogP contribution in [0.1, 0.15) is 32.4 Å². The largest absolute Gasteiger partial charge is 0.264 e. The second-order valence-corrected chi connectivity index (χ2v) is 4.63. The van der Waals surface area contributed by atoms with Crippen molar-refractivity contribution in [3.05, 3.63) is 23.0 Å². The number of nitrogens with zero attached hydrogens (tertiary/aromatic N) is 2. The van der Waals surface area contributed by atoms with E-state index in [1.54, 1.807) is 6.20 Å². The van der Waals surface area contributed by atoms with Gasteiger partial charge in [-0.25, -0.2) is 0 Å². The minimum atomic E-state index is 0.742. The van der Waals surface area contributed by atoms with Crippen molar-refractivity contribution in [1.29, 1.82) is 0 Å². The van der Waals surface area contributed by atoms with Crippen molar-refractivity contribution in [1.82, 2.24) is 9.78 Å². The Morgan fingerprint density at radius 2 is 2.40 bits per heavy atom. The molecule has 0 atom stereocenters. The van der Waals surface area contributed by atoms with Crippen LogP contribution in [0.25, 0.3) is 5.57 Å². The Bertz CT molecular complexity index is 344. The van der Waals surface area contributed by atoms with Crippen LogP contribution >= 0.6 is 27.5 Å². The molecule has 84 valence electrons. The van der Waals surface area contributed by atoms with Gasteiger partial charge >= 0.3 is 0 Å². The third-order valence-electron chi connectivity index (χ3n) is 2.16. The summed E-state index contributed by atoms with van der Waals surface area (Å²) in [6.45, 7) is 5.14. The normalized spacial score (nSPS) is 12.1. The zero-order valence-electron chi connectivity index (χ0n) is 9.13. The summed E-state index contributed by atoms with van der Waals surface area (Å²) in [5.41, 5.74) is 2.25. The fraction of sp³-hybridized carbons (Fsp3) is 0.545. The third-order valence-corrected chi connectivity index (χ3v) is 2.90. The molecule has 0 aliphatic rings. The number of aromatic nitrogens is 2. The van der Waals surface area contributed by atoms with Gasteiger partial charge in [0, 0.05) is 11.9 Å². The quantitative estimate of drug-likeness (QED) is 0.746. The van der Waals surface area contributed by atoms with E-state index in [4.69, 9.17) is 11.6 Å². The first-order valence-corrected chi connectivity index (χ1v) is 6.65. The minimum absolute atomic E-state index is 0.742. The van der Waals surface area contributed by atoms with E-state index in [2.05, 4.69) is 41.0 Å². The second-order valence-electron chi connectivity index (χ2n) is 3.43. The van der Waals surface area contributed by atoms with E-state index in [1.807, 2.05) is 4.68 Å². The lowest BCUT2D eigenvalue weighted by atomic mass is 10.2. The molecule has 0 spiro atoms. The molecule has 1 heterocycles. The SMILES string of the molecule is CCCn1ncc(Cl)c1C(C)=CCCBr. The van der Waals surface area contributed by atoms with Gasteiger partial charge in [-0.1, -0.05) is 40.5 Å². The van der Waals surface area contributed by atoms with E-state index in [0.717, 1.165) is 35.4 Å². The third kappa shape index (κ3) is 3.35. The molecule has 0 aromatic carbocycles. The number of halogens is 2. The molecule has 1 rings (SSSR count). The highest BCUT2D eigenvalue weighted by Crippen LogP contribution is 2.24. The average molecular weight is 292 g/mol. The van der Waals surface area contributed by atoms with Gasteiger partial charge in [-0.3, -0.25) is 4.68 Å². The highest BCUT2D eigenvalue weighted by molar-refractivity contribution is 9.09. The van der Waals surface area contributed by atoms with E-state index in [0.29, 0.717) is 0 Å². The molecule has 0 N–H and O–H groups in total. The van der Waals surface area contributed by atoms with Gasteiger partial charge in [0.25, 0.3) is 0 Å². The lowest BCUT2D eigenvalue weighted by Gasteiger charge is -2.06. The number of alkyl halides is 1. The summed E-state index contributed by atoms with van der Waals surface area (Å²) in [4.78, 5) is 0. The molecular formula is C11H16BrClN2. The summed E-state index contributed by atoms with van der Waals surface area (Å²) < 4.78 is 1.97. The summed E-state index contributed by atoms with van der Waals surface area (Å²) in [5, 5.41) is 5.99. The predicted molar refractivity (Wildman–Crippen MR) is 69.6 cm³/mol. The van der Waals surface area contributed by atoms with E-state index >= 15 is 0 Å². The van der Waals surface area contributed by atoms with Gasteiger partial charge in [-0.2, -0.15) is 5.10 Å². The van der Waals surface area contributed by atoms with Gasteiger partial charge in [0.15, 0.2) is 0 Å². The molecule has 0 fully saturated rings. The Hall–Kier alpha value is -0.280. The molecule has 0 amide bonds. The smallest absolute Gasteiger partial charge is 0.0862 e. The Balaban J connectivity index is 2.95. The van der Waals surface area contributed by atoms with Gasteiger partial charge in [-0.05, 0) is 25.3 Å². The molecule has 2 nitrogen and oxygen atoms in total. The van der Waals surface area contributed by atoms with Crippen LogP contribution in [0, 0.1) is 0 Å². The molecule has 0 saturated heterocycles. The van der Waals surface area contributed by atoms with Gasteiger partial charge in [-0.15, -0.1) is 0 Å². The molecule has 0 radical (unpaired) electrons. The molecule has 0 saturated carbocycles. The molecule has 0 bridgehead atoms. The zero-order chi connectivity index (χ0) is 11.3. The summed E-state index contributed by atoms with van der Waals surface area (Å²) in [7, 11) is 0. The van der Waals surface area contributed by atoms with Crippen LogP contribution in [-0.2, 0) is 6.54 Å². The first-order chi connectivity index (χ1) is 7.20. The van der Waals surface area contributed by atoms with E-state index in [9.17, 15) is 0 Å². The molecule has 1 aromatic heterocycles. The second kappa shape index (κ2) is 6.33. The first kappa shape index (κ1) is 12.8. The maximum Gasteiger partial charge on any atom is 0.0862 e. The van der Waals surface area contributed by atoms with Crippen molar-refractivity contribution in [2.24, 2.45) is 0 Å². The van der Waals surface area contributed by atoms with Crippen molar-refractivity contribution in [2.75, 3.05) is 5.33 Å². The highest BCUT2D eigenvalue weighted by Gasteiger charge is 2.09. The summed E-state index contributed by atoms with van der Waals surface area (Å²) in [6.07, 6.45) is 5.98. The number of rotatable bonds is 5. The number of aryl methyl sites for hydroxylation is 1. The Morgan fingerprint density at radius 3 is 3.00 bits per heavy atom. The molecule has 1 aromatic rings. The maximum atomic E-state index is 6.12. The van der Waals surface area contributed by atoms with Crippen molar-refractivity contribution < 1.29 is 0 Å². The van der Waals surface area contributed by atoms with Crippen LogP contribution in [0.3, 0.4) is 0 Å². The zero-order valence-corrected chi connectivity index (χ0v) is 11.5. The van der Waals surface area contributed by atoms with Crippen LogP contribution in [0.4, 0.5) is 0 Å². The molecule has 15 heavy (non-hydrogen) atoms. The molecule has 0 unspecified atom stereocenters. The van der Waals surface area contributed by atoms with E-state index < -0.39 is 0 Å². The fourth-order valence-electron chi connectivity index (χ4n) is 1.50. The van der Waals surface area contributed by atoms with Crippen molar-refractivity contribution in [2.45, 2.75) is 33.2 Å². The van der Waals surface area contributed by atoms with Crippen LogP contribution in [-0.4, -0.2) is 15.1 Å². The van der Waals surface area contributed by atoms with Gasteiger partial charge in [0.2, 0.25) is 0 Å². The Kier molecular flexibility index (Phi) is 5.40. The van der Waals surface area contributed by atoms with Crippen LogP contribution < -0.4 is 0 Å². The molecule has 0 aliphatic carbocycles. The predicted octanol–water partition coefficient (Wildman–Crippen LogP) is 4.13. The van der Waals surface area contributed by atoms with E-state index in [1.165, 1.54) is 5.57 Å². The van der Waals surface area contributed by atoms with Crippen LogP contribution in [0.2, 0.25) is 5.02 Å². The van der Waals surface area contributed by atoms with Crippen LogP contribution in [0.15, 0.2) is 12.3 Å². The number of hydrogen-bond acceptors (Lipinski definition) is 1. The summed E-state index contributed by atoms with van der Waals surface area (Å²) >= 11 is 9.53. The van der Waals surface area contributed by atoms with Gasteiger partial charge in [0.1, 0.15) is 0 Å². The Labute approximate surface area is 104 Å². The minimum Gasteiger partial charge on any atom is -0.264 e. The highest BCUT2D eigenvalue weighted by atomic mass is 79.9. The number of hydrogen-bond donors (Lipinski definition) is 0. The molecule has 4 heteroatoms. The first-order valence-electron chi connectivity index (χ1n) is 5.15. The summed E-state index contributed by atoms with van der Waals surface area (Å²) in [6, 6.07) is 0. The molecular weight excluding hydrogens is 275 g/mol. The maximum absolute atomic E-state index is 6.12. The Morgan fingerprint density at radius 1 is 1.67 bits per heavy atom. The molecule has 0 aliphatic heterocycles. The van der Waals surface area contributed by atoms with Gasteiger partial charge < -0.3 is 0 Å². The monoisotopic (exact) mass is 290 g/mol. The standard InChI is InChI=1S/C11H16BrClN2/c1-3-7-15-11(10(13)8-14-15)9(2)5-4-6-12/h5,8H,3-4,6-7H2,1-2H3. The fourth-order valence-corrected chi connectivity index (χ4v) is 2.02. The summed E-state index contributed by atoms with van der Waals surface area (Å²) in [5.74, 6) is 0. The topological polar surface area (TPSA) is 17.8 Å². The lowest BCUT2D eigenvalue weighted by molar-refractivity contribution is 0.596. The van der Waals surface area contributed by atoms with E-state index in [-0.39, 0.29) is 0 Å². The number of allylic oxidation sites excluding steroid dienone is 2. The van der Waals surface area contributed by atoms with Crippen molar-refractivity contribution >= 4 is 33.1 Å².